The smallest absolute Gasteiger partial charge is 0.243 e. The van der Waals surface area contributed by atoms with Crippen LogP contribution in [0.5, 0.6) is 0 Å². The van der Waals surface area contributed by atoms with Crippen molar-refractivity contribution in [2.45, 2.75) is 11.4 Å². The molecule has 1 fully saturated rings. The number of sulfonamides is 1. The molecule has 6 nitrogen and oxygen atoms in total. The Labute approximate surface area is 119 Å². The van der Waals surface area contributed by atoms with E-state index in [4.69, 9.17) is 10.8 Å². The molecule has 1 aliphatic rings. The molecule has 1 aliphatic heterocycles. The Kier molecular flexibility index (Phi) is 5.11. The zero-order valence-electron chi connectivity index (χ0n) is 11.4. The summed E-state index contributed by atoms with van der Waals surface area (Å²) >= 11 is 0. The second kappa shape index (κ2) is 6.64. The first-order valence-electron chi connectivity index (χ1n) is 6.71. The molecule has 0 unspecified atom stereocenters. The summed E-state index contributed by atoms with van der Waals surface area (Å²) in [6, 6.07) is 6.86. The van der Waals surface area contributed by atoms with Crippen molar-refractivity contribution in [3.63, 3.8) is 0 Å². The van der Waals surface area contributed by atoms with Gasteiger partial charge in [0.25, 0.3) is 0 Å². The van der Waals surface area contributed by atoms with Crippen molar-refractivity contribution in [3.05, 3.63) is 29.8 Å². The molecule has 1 aromatic carbocycles. The Morgan fingerprint density at radius 1 is 1.15 bits per heavy atom. The maximum atomic E-state index is 12.6. The van der Waals surface area contributed by atoms with Crippen LogP contribution in [0.1, 0.15) is 5.56 Å². The van der Waals surface area contributed by atoms with Crippen LogP contribution in [0.2, 0.25) is 0 Å². The minimum atomic E-state index is -3.48. The van der Waals surface area contributed by atoms with Gasteiger partial charge in [0.2, 0.25) is 10.0 Å². The number of piperazine rings is 1. The summed E-state index contributed by atoms with van der Waals surface area (Å²) in [5.41, 5.74) is 6.26. The number of aliphatic hydroxyl groups excluding tert-OH is 1. The topological polar surface area (TPSA) is 86.9 Å². The molecule has 0 amide bonds. The van der Waals surface area contributed by atoms with Crippen molar-refractivity contribution in [1.82, 2.24) is 9.21 Å². The third-order valence-electron chi connectivity index (χ3n) is 3.56. The number of nitrogens with two attached hydrogens (primary N) is 1. The molecule has 3 N–H and O–H groups in total. The Bertz CT molecular complexity index is 540. The second-order valence-electron chi connectivity index (χ2n) is 4.78. The molecule has 0 spiro atoms. The molecule has 1 saturated heterocycles. The molecule has 20 heavy (non-hydrogen) atoms. The van der Waals surface area contributed by atoms with Crippen molar-refractivity contribution in [3.8, 4) is 0 Å². The monoisotopic (exact) mass is 299 g/mol. The number of hydrogen-bond donors (Lipinski definition) is 2. The molecule has 112 valence electrons. The van der Waals surface area contributed by atoms with Gasteiger partial charge in [-0.2, -0.15) is 4.31 Å². The van der Waals surface area contributed by atoms with E-state index in [2.05, 4.69) is 4.90 Å². The number of β-amino-alcohol motifs (C(OH)–C–C–N with tert-alkyl or cyclic N) is 1. The number of rotatable bonds is 5. The normalized spacial score (nSPS) is 18.3. The van der Waals surface area contributed by atoms with Crippen LogP contribution < -0.4 is 5.73 Å². The first kappa shape index (κ1) is 15.4. The molecular weight excluding hydrogens is 278 g/mol. The molecule has 0 radical (unpaired) electrons. The Morgan fingerprint density at radius 3 is 2.40 bits per heavy atom. The predicted octanol–water partition coefficient (Wildman–Crippen LogP) is -0.556. The molecular formula is C13H21N3O3S. The lowest BCUT2D eigenvalue weighted by molar-refractivity contribution is 0.151. The lowest BCUT2D eigenvalue weighted by atomic mass is 10.2. The van der Waals surface area contributed by atoms with Gasteiger partial charge in [-0.1, -0.05) is 18.2 Å². The highest BCUT2D eigenvalue weighted by Gasteiger charge is 2.29. The second-order valence-corrected chi connectivity index (χ2v) is 6.69. The van der Waals surface area contributed by atoms with E-state index in [1.54, 1.807) is 24.3 Å². The standard InChI is InChI=1S/C13H21N3O3S/c14-11-12-3-1-2-4-13(12)20(18,19)16-7-5-15(6-8-16)9-10-17/h1-4,17H,5-11,14H2. The highest BCUT2D eigenvalue weighted by atomic mass is 32.2. The molecule has 7 heteroatoms. The highest BCUT2D eigenvalue weighted by molar-refractivity contribution is 7.89. The number of benzene rings is 1. The predicted molar refractivity (Wildman–Crippen MR) is 76.6 cm³/mol. The minimum Gasteiger partial charge on any atom is -0.395 e. The molecule has 0 aromatic heterocycles. The summed E-state index contributed by atoms with van der Waals surface area (Å²) in [4.78, 5) is 2.36. The van der Waals surface area contributed by atoms with Crippen LogP contribution in [-0.2, 0) is 16.6 Å². The van der Waals surface area contributed by atoms with E-state index in [9.17, 15) is 8.42 Å². The maximum absolute atomic E-state index is 12.6. The van der Waals surface area contributed by atoms with Gasteiger partial charge in [-0.25, -0.2) is 8.42 Å². The van der Waals surface area contributed by atoms with Gasteiger partial charge in [0, 0.05) is 39.3 Å². The van der Waals surface area contributed by atoms with Crippen molar-refractivity contribution < 1.29 is 13.5 Å². The molecule has 0 aliphatic carbocycles. The minimum absolute atomic E-state index is 0.1000. The zero-order chi connectivity index (χ0) is 14.6. The van der Waals surface area contributed by atoms with Crippen LogP contribution in [-0.4, -0.2) is 62.1 Å². The van der Waals surface area contributed by atoms with Crippen LogP contribution in [0.15, 0.2) is 29.2 Å². The fraction of sp³-hybridized carbons (Fsp3) is 0.538. The van der Waals surface area contributed by atoms with Gasteiger partial charge >= 0.3 is 0 Å². The van der Waals surface area contributed by atoms with E-state index in [0.29, 0.717) is 43.2 Å². The lowest BCUT2D eigenvalue weighted by Crippen LogP contribution is -2.49. The van der Waals surface area contributed by atoms with Crippen molar-refractivity contribution in [2.24, 2.45) is 5.73 Å². The lowest BCUT2D eigenvalue weighted by Gasteiger charge is -2.33. The van der Waals surface area contributed by atoms with Crippen molar-refractivity contribution >= 4 is 10.0 Å². The summed E-state index contributed by atoms with van der Waals surface area (Å²) in [6.07, 6.45) is 0. The first-order chi connectivity index (χ1) is 9.59. The van der Waals surface area contributed by atoms with Gasteiger partial charge in [0.1, 0.15) is 0 Å². The van der Waals surface area contributed by atoms with Gasteiger partial charge in [-0.3, -0.25) is 4.90 Å². The quantitative estimate of drug-likeness (QED) is 0.761. The Hall–Kier alpha value is -0.990. The van der Waals surface area contributed by atoms with Crippen LogP contribution in [0.4, 0.5) is 0 Å². The number of nitrogens with zero attached hydrogens (tertiary/aromatic N) is 2. The average molecular weight is 299 g/mol. The summed E-state index contributed by atoms with van der Waals surface area (Å²) in [5, 5.41) is 8.90. The first-order valence-corrected chi connectivity index (χ1v) is 8.15. The fourth-order valence-corrected chi connectivity index (χ4v) is 4.05. The van der Waals surface area contributed by atoms with Gasteiger partial charge < -0.3 is 10.8 Å². The average Bonchev–Trinajstić information content (AvgIpc) is 2.48. The third-order valence-corrected chi connectivity index (χ3v) is 5.56. The van der Waals surface area contributed by atoms with Gasteiger partial charge in [-0.05, 0) is 11.6 Å². The van der Waals surface area contributed by atoms with Crippen LogP contribution in [0.3, 0.4) is 0 Å². The molecule has 1 heterocycles. The Morgan fingerprint density at radius 2 is 1.80 bits per heavy atom. The number of hydrogen-bond acceptors (Lipinski definition) is 5. The van der Waals surface area contributed by atoms with Gasteiger partial charge in [-0.15, -0.1) is 0 Å². The van der Waals surface area contributed by atoms with Crippen LogP contribution in [0.25, 0.3) is 0 Å². The van der Waals surface area contributed by atoms with E-state index in [-0.39, 0.29) is 13.2 Å². The van der Waals surface area contributed by atoms with Crippen LogP contribution in [0, 0.1) is 0 Å². The fourth-order valence-electron chi connectivity index (χ4n) is 2.40. The van der Waals surface area contributed by atoms with E-state index in [1.807, 2.05) is 0 Å². The highest BCUT2D eigenvalue weighted by Crippen LogP contribution is 2.21. The SMILES string of the molecule is NCc1ccccc1S(=O)(=O)N1CCN(CCO)CC1. The van der Waals surface area contributed by atoms with Crippen LogP contribution >= 0.6 is 0 Å². The maximum Gasteiger partial charge on any atom is 0.243 e. The van der Waals surface area contributed by atoms with Crippen molar-refractivity contribution in [1.29, 1.82) is 0 Å². The van der Waals surface area contributed by atoms with E-state index >= 15 is 0 Å². The van der Waals surface area contributed by atoms with E-state index < -0.39 is 10.0 Å². The molecule has 0 saturated carbocycles. The molecule has 1 aromatic rings. The number of aliphatic hydroxyl groups is 1. The third kappa shape index (κ3) is 3.18. The molecule has 0 atom stereocenters. The summed E-state index contributed by atoms with van der Waals surface area (Å²) in [6.45, 7) is 3.08. The molecule has 2 rings (SSSR count). The zero-order valence-corrected chi connectivity index (χ0v) is 12.2. The van der Waals surface area contributed by atoms with E-state index in [0.717, 1.165) is 0 Å². The summed E-state index contributed by atoms with van der Waals surface area (Å²) in [7, 11) is -3.48. The van der Waals surface area contributed by atoms with E-state index in [1.165, 1.54) is 4.31 Å². The van der Waals surface area contributed by atoms with Gasteiger partial charge in [0.05, 0.1) is 11.5 Å². The largest absolute Gasteiger partial charge is 0.395 e. The van der Waals surface area contributed by atoms with Crippen molar-refractivity contribution in [2.75, 3.05) is 39.3 Å². The summed E-state index contributed by atoms with van der Waals surface area (Å²) in [5.74, 6) is 0. The summed E-state index contributed by atoms with van der Waals surface area (Å²) < 4.78 is 26.8. The Balaban J connectivity index is 2.16. The van der Waals surface area contributed by atoms with Gasteiger partial charge in [0.15, 0.2) is 0 Å². The molecule has 0 bridgehead atoms.